The fraction of sp³-hybridized carbons (Fsp3) is 0.850. The smallest absolute Gasteiger partial charge is 0.326 e. The lowest BCUT2D eigenvalue weighted by molar-refractivity contribution is -0.143. The molecule has 0 aromatic heterocycles. The molecule has 0 saturated heterocycles. The Labute approximate surface area is 157 Å². The fourth-order valence-electron chi connectivity index (χ4n) is 2.87. The van der Waals surface area contributed by atoms with Gasteiger partial charge in [0.2, 0.25) is 5.91 Å². The van der Waals surface area contributed by atoms with E-state index in [2.05, 4.69) is 19.2 Å². The van der Waals surface area contributed by atoms with Crippen molar-refractivity contribution in [2.24, 2.45) is 5.92 Å². The molecule has 1 amide bonds. The van der Waals surface area contributed by atoms with E-state index in [1.54, 1.807) is 0 Å². The molecule has 0 aromatic rings. The molecule has 3 N–H and O–H groups in total. The summed E-state index contributed by atoms with van der Waals surface area (Å²) in [6.45, 7) is 4.52. The van der Waals surface area contributed by atoms with Crippen LogP contribution in [0.2, 0.25) is 0 Å². The van der Waals surface area contributed by atoms with Crippen LogP contribution in [0.5, 0.6) is 0 Å². The molecule has 152 valence electrons. The van der Waals surface area contributed by atoms with Crippen LogP contribution < -0.4 is 5.32 Å². The van der Waals surface area contributed by atoms with Gasteiger partial charge >= 0.3 is 11.9 Å². The number of nitrogens with one attached hydrogen (secondary N) is 1. The highest BCUT2D eigenvalue weighted by molar-refractivity contribution is 5.83. The third kappa shape index (κ3) is 15.9. The van der Waals surface area contributed by atoms with Crippen LogP contribution in [0.15, 0.2) is 0 Å². The summed E-state index contributed by atoms with van der Waals surface area (Å²) in [6, 6.07) is -1.12. The van der Waals surface area contributed by atoms with Gasteiger partial charge in [0.15, 0.2) is 0 Å². The number of carbonyl (C=O) groups is 3. The van der Waals surface area contributed by atoms with Gasteiger partial charge in [0, 0.05) is 12.8 Å². The van der Waals surface area contributed by atoms with Crippen LogP contribution in [-0.4, -0.2) is 34.1 Å². The summed E-state index contributed by atoms with van der Waals surface area (Å²) in [5.41, 5.74) is 0. The van der Waals surface area contributed by atoms with E-state index in [0.717, 1.165) is 25.2 Å². The monoisotopic (exact) mass is 371 g/mol. The van der Waals surface area contributed by atoms with E-state index in [-0.39, 0.29) is 18.7 Å². The van der Waals surface area contributed by atoms with Crippen LogP contribution in [0.25, 0.3) is 0 Å². The van der Waals surface area contributed by atoms with E-state index in [1.165, 1.54) is 44.9 Å². The molecule has 0 rings (SSSR count). The van der Waals surface area contributed by atoms with Crippen molar-refractivity contribution in [2.75, 3.05) is 0 Å². The molecule has 1 atom stereocenters. The number of carboxylic acid groups (broad SMARTS) is 2. The second-order valence-electron chi connectivity index (χ2n) is 7.51. The zero-order valence-electron chi connectivity index (χ0n) is 16.5. The van der Waals surface area contributed by atoms with Crippen LogP contribution in [0.3, 0.4) is 0 Å². The fourth-order valence-corrected chi connectivity index (χ4v) is 2.87. The van der Waals surface area contributed by atoms with Crippen molar-refractivity contribution in [2.45, 2.75) is 103 Å². The van der Waals surface area contributed by atoms with Gasteiger partial charge in [-0.3, -0.25) is 9.59 Å². The number of unbranched alkanes of at least 4 members (excludes halogenated alkanes) is 8. The third-order valence-corrected chi connectivity index (χ3v) is 4.47. The zero-order valence-corrected chi connectivity index (χ0v) is 16.5. The van der Waals surface area contributed by atoms with E-state index < -0.39 is 18.0 Å². The number of carboxylic acids is 2. The summed E-state index contributed by atoms with van der Waals surface area (Å²) >= 11 is 0. The first kappa shape index (κ1) is 24.4. The topological polar surface area (TPSA) is 104 Å². The highest BCUT2D eigenvalue weighted by Gasteiger charge is 2.20. The molecule has 0 bridgehead atoms. The number of carbonyl (C=O) groups excluding carboxylic acids is 1. The standard InChI is InChI=1S/C20H37NO5/c1-16(2)12-10-8-6-4-3-5-7-9-11-13-18(22)21-17(20(25)26)14-15-19(23)24/h16-17H,3-15H2,1-2H3,(H,21,22)(H,23,24)(H,25,26). The summed E-state index contributed by atoms with van der Waals surface area (Å²) < 4.78 is 0. The van der Waals surface area contributed by atoms with E-state index in [1.807, 2.05) is 0 Å². The van der Waals surface area contributed by atoms with Gasteiger partial charge in [0.05, 0.1) is 0 Å². The van der Waals surface area contributed by atoms with Gasteiger partial charge in [-0.15, -0.1) is 0 Å². The molecule has 1 unspecified atom stereocenters. The summed E-state index contributed by atoms with van der Waals surface area (Å²) in [4.78, 5) is 33.3. The second kappa shape index (κ2) is 15.6. The van der Waals surface area contributed by atoms with Gasteiger partial charge < -0.3 is 15.5 Å². The minimum atomic E-state index is -1.19. The molecule has 0 aliphatic heterocycles. The Morgan fingerprint density at radius 1 is 0.731 bits per heavy atom. The Balaban J connectivity index is 3.57. The summed E-state index contributed by atoms with van der Waals surface area (Å²) in [5.74, 6) is -1.76. The molecule has 0 fully saturated rings. The maximum absolute atomic E-state index is 11.8. The molecule has 0 radical (unpaired) electrons. The first-order chi connectivity index (χ1) is 12.3. The first-order valence-corrected chi connectivity index (χ1v) is 10.1. The molecule has 0 aliphatic carbocycles. The molecular formula is C20H37NO5. The Kier molecular flexibility index (Phi) is 14.7. The largest absolute Gasteiger partial charge is 0.481 e. The van der Waals surface area contributed by atoms with Gasteiger partial charge in [0.1, 0.15) is 6.04 Å². The van der Waals surface area contributed by atoms with Gasteiger partial charge in [-0.25, -0.2) is 4.79 Å². The Morgan fingerprint density at radius 3 is 1.69 bits per heavy atom. The molecule has 0 aromatic carbocycles. The number of amides is 1. The van der Waals surface area contributed by atoms with Gasteiger partial charge in [0.25, 0.3) is 0 Å². The lowest BCUT2D eigenvalue weighted by Gasteiger charge is -2.13. The lowest BCUT2D eigenvalue weighted by atomic mass is 10.0. The van der Waals surface area contributed by atoms with E-state index in [9.17, 15) is 14.4 Å². The highest BCUT2D eigenvalue weighted by Crippen LogP contribution is 2.13. The van der Waals surface area contributed by atoms with Crippen molar-refractivity contribution in [3.63, 3.8) is 0 Å². The van der Waals surface area contributed by atoms with Crippen molar-refractivity contribution in [1.82, 2.24) is 5.32 Å². The van der Waals surface area contributed by atoms with Crippen molar-refractivity contribution < 1.29 is 24.6 Å². The van der Waals surface area contributed by atoms with Gasteiger partial charge in [-0.05, 0) is 18.8 Å². The average Bonchev–Trinajstić information content (AvgIpc) is 2.55. The molecule has 0 aliphatic rings. The van der Waals surface area contributed by atoms with Crippen LogP contribution in [-0.2, 0) is 14.4 Å². The molecule has 6 heteroatoms. The van der Waals surface area contributed by atoms with Crippen LogP contribution in [0.4, 0.5) is 0 Å². The van der Waals surface area contributed by atoms with Crippen LogP contribution in [0.1, 0.15) is 97.3 Å². The van der Waals surface area contributed by atoms with E-state index in [4.69, 9.17) is 10.2 Å². The van der Waals surface area contributed by atoms with Crippen molar-refractivity contribution in [3.8, 4) is 0 Å². The van der Waals surface area contributed by atoms with E-state index in [0.29, 0.717) is 6.42 Å². The van der Waals surface area contributed by atoms with E-state index >= 15 is 0 Å². The minimum Gasteiger partial charge on any atom is -0.481 e. The molecular weight excluding hydrogens is 334 g/mol. The maximum atomic E-state index is 11.8. The predicted octanol–water partition coefficient (Wildman–Crippen LogP) is 4.37. The van der Waals surface area contributed by atoms with Crippen LogP contribution in [0, 0.1) is 5.92 Å². The molecule has 26 heavy (non-hydrogen) atoms. The predicted molar refractivity (Wildman–Crippen MR) is 102 cm³/mol. The molecule has 0 saturated carbocycles. The SMILES string of the molecule is CC(C)CCCCCCCCCCCC(=O)NC(CCC(=O)O)C(=O)O. The molecule has 0 spiro atoms. The number of hydrogen-bond donors (Lipinski definition) is 3. The van der Waals surface area contributed by atoms with Crippen molar-refractivity contribution in [1.29, 1.82) is 0 Å². The quantitative estimate of drug-likeness (QED) is 0.329. The van der Waals surface area contributed by atoms with Crippen molar-refractivity contribution in [3.05, 3.63) is 0 Å². The second-order valence-corrected chi connectivity index (χ2v) is 7.51. The first-order valence-electron chi connectivity index (χ1n) is 10.1. The Hall–Kier alpha value is -1.59. The Bertz CT molecular complexity index is 409. The highest BCUT2D eigenvalue weighted by atomic mass is 16.4. The number of hydrogen-bond acceptors (Lipinski definition) is 3. The number of rotatable bonds is 17. The molecule has 6 nitrogen and oxygen atoms in total. The summed E-state index contributed by atoms with van der Waals surface area (Å²) in [7, 11) is 0. The molecule has 0 heterocycles. The summed E-state index contributed by atoms with van der Waals surface area (Å²) in [5, 5.41) is 20.0. The normalized spacial score (nSPS) is 12.1. The lowest BCUT2D eigenvalue weighted by Crippen LogP contribution is -2.41. The van der Waals surface area contributed by atoms with Gasteiger partial charge in [-0.1, -0.05) is 71.6 Å². The maximum Gasteiger partial charge on any atom is 0.326 e. The third-order valence-electron chi connectivity index (χ3n) is 4.47. The average molecular weight is 372 g/mol. The zero-order chi connectivity index (χ0) is 19.8. The Morgan fingerprint density at radius 2 is 1.23 bits per heavy atom. The minimum absolute atomic E-state index is 0.0897. The summed E-state index contributed by atoms with van der Waals surface area (Å²) in [6.07, 6.45) is 11.7. The van der Waals surface area contributed by atoms with Gasteiger partial charge in [-0.2, -0.15) is 0 Å². The van der Waals surface area contributed by atoms with Crippen LogP contribution >= 0.6 is 0 Å². The van der Waals surface area contributed by atoms with Crippen molar-refractivity contribution >= 4 is 17.8 Å². The number of aliphatic carboxylic acids is 2.